The first-order valence-corrected chi connectivity index (χ1v) is 7.94. The van der Waals surface area contributed by atoms with Crippen LogP contribution in [0.4, 0.5) is 18.9 Å². The van der Waals surface area contributed by atoms with E-state index in [9.17, 15) is 27.6 Å². The molecule has 0 aliphatic heterocycles. The molecular formula is C17H14F3N3O4. The van der Waals surface area contributed by atoms with Crippen molar-refractivity contribution < 1.29 is 22.4 Å². The molecule has 3 aromatic rings. The molecule has 3 rings (SSSR count). The number of nitrogens with zero attached hydrogens (tertiary/aromatic N) is 1. The Morgan fingerprint density at radius 1 is 1.22 bits per heavy atom. The number of rotatable bonds is 5. The summed E-state index contributed by atoms with van der Waals surface area (Å²) in [6, 6.07) is 7.36. The number of carbonyl (C=O) groups is 1. The first kappa shape index (κ1) is 18.5. The summed E-state index contributed by atoms with van der Waals surface area (Å²) in [5.74, 6) is -1.20. The van der Waals surface area contributed by atoms with E-state index in [1.165, 1.54) is 4.57 Å². The van der Waals surface area contributed by atoms with Crippen molar-refractivity contribution in [3.05, 3.63) is 63.0 Å². The number of aryl methyl sites for hydroxylation is 1. The van der Waals surface area contributed by atoms with Crippen molar-refractivity contribution in [1.29, 1.82) is 0 Å². The Bertz CT molecular complexity index is 1090. The quantitative estimate of drug-likeness (QED) is 0.710. The molecule has 2 heterocycles. The maximum atomic E-state index is 12.7. The molecule has 1 amide bonds. The predicted molar refractivity (Wildman–Crippen MR) is 90.4 cm³/mol. The molecule has 7 nitrogen and oxygen atoms in total. The number of hydrogen-bond donors (Lipinski definition) is 2. The summed E-state index contributed by atoms with van der Waals surface area (Å²) in [5.41, 5.74) is -1.40. The third-order valence-electron chi connectivity index (χ3n) is 3.86. The van der Waals surface area contributed by atoms with Gasteiger partial charge < -0.3 is 14.7 Å². The van der Waals surface area contributed by atoms with Gasteiger partial charge in [-0.05, 0) is 24.6 Å². The minimum atomic E-state index is -4.65. The SMILES string of the molecule is O=C(CCCn1c(=O)oc2ccccc21)Nc1cc(C(F)(F)F)c[nH]c1=O. The molecule has 0 bridgehead atoms. The molecule has 27 heavy (non-hydrogen) atoms. The lowest BCUT2D eigenvalue weighted by Gasteiger charge is -2.09. The minimum Gasteiger partial charge on any atom is -0.408 e. The molecule has 1 aromatic carbocycles. The van der Waals surface area contributed by atoms with Gasteiger partial charge in [-0.15, -0.1) is 0 Å². The molecule has 0 saturated heterocycles. The zero-order valence-corrected chi connectivity index (χ0v) is 13.8. The highest BCUT2D eigenvalue weighted by atomic mass is 19.4. The number of para-hydroxylation sites is 2. The lowest BCUT2D eigenvalue weighted by Crippen LogP contribution is -2.22. The number of carbonyl (C=O) groups excluding carboxylic acids is 1. The first-order chi connectivity index (χ1) is 12.8. The van der Waals surface area contributed by atoms with Crippen molar-refractivity contribution in [2.24, 2.45) is 0 Å². The number of amides is 1. The average Bonchev–Trinajstić information content (AvgIpc) is 2.91. The van der Waals surface area contributed by atoms with E-state index in [2.05, 4.69) is 5.32 Å². The van der Waals surface area contributed by atoms with Crippen LogP contribution in [0.2, 0.25) is 0 Å². The van der Waals surface area contributed by atoms with Crippen molar-refractivity contribution >= 4 is 22.7 Å². The fourth-order valence-electron chi connectivity index (χ4n) is 2.58. The van der Waals surface area contributed by atoms with E-state index in [0.717, 1.165) is 0 Å². The molecule has 2 N–H and O–H groups in total. The van der Waals surface area contributed by atoms with Gasteiger partial charge >= 0.3 is 11.9 Å². The second-order valence-electron chi connectivity index (χ2n) is 5.77. The number of aromatic nitrogens is 2. The molecule has 0 spiro atoms. The van der Waals surface area contributed by atoms with Gasteiger partial charge in [0.25, 0.3) is 5.56 Å². The van der Waals surface area contributed by atoms with Gasteiger partial charge in [0.1, 0.15) is 5.69 Å². The van der Waals surface area contributed by atoms with Gasteiger partial charge in [0.2, 0.25) is 5.91 Å². The smallest absolute Gasteiger partial charge is 0.408 e. The number of halogens is 3. The Morgan fingerprint density at radius 3 is 2.70 bits per heavy atom. The predicted octanol–water partition coefficient (Wildman–Crippen LogP) is 2.72. The Balaban J connectivity index is 1.64. The van der Waals surface area contributed by atoms with Crippen LogP contribution in [0.5, 0.6) is 0 Å². The maximum absolute atomic E-state index is 12.7. The summed E-state index contributed by atoms with van der Waals surface area (Å²) in [6.45, 7) is 0.183. The van der Waals surface area contributed by atoms with Gasteiger partial charge in [-0.25, -0.2) is 4.79 Å². The number of oxazole rings is 1. The number of benzene rings is 1. The van der Waals surface area contributed by atoms with Crippen LogP contribution >= 0.6 is 0 Å². The largest absolute Gasteiger partial charge is 0.419 e. The topological polar surface area (TPSA) is 97.1 Å². The van der Waals surface area contributed by atoms with Crippen molar-refractivity contribution in [2.45, 2.75) is 25.6 Å². The second kappa shape index (κ2) is 7.14. The van der Waals surface area contributed by atoms with Gasteiger partial charge in [-0.3, -0.25) is 14.2 Å². The van der Waals surface area contributed by atoms with Gasteiger partial charge in [0.05, 0.1) is 11.1 Å². The molecule has 2 aromatic heterocycles. The first-order valence-electron chi connectivity index (χ1n) is 7.94. The van der Waals surface area contributed by atoms with Crippen molar-refractivity contribution in [2.75, 3.05) is 5.32 Å². The fraction of sp³-hybridized carbons (Fsp3) is 0.235. The van der Waals surface area contributed by atoms with E-state index < -0.39 is 34.6 Å². The molecule has 0 aliphatic rings. The lowest BCUT2D eigenvalue weighted by atomic mass is 10.2. The zero-order chi connectivity index (χ0) is 19.6. The highest BCUT2D eigenvalue weighted by Crippen LogP contribution is 2.29. The number of fused-ring (bicyclic) bond motifs is 1. The molecule has 10 heteroatoms. The highest BCUT2D eigenvalue weighted by Gasteiger charge is 2.31. The number of hydrogen-bond acceptors (Lipinski definition) is 4. The van der Waals surface area contributed by atoms with Crippen LogP contribution in [-0.4, -0.2) is 15.5 Å². The van der Waals surface area contributed by atoms with Crippen LogP contribution in [0.15, 0.2) is 50.5 Å². The monoisotopic (exact) mass is 381 g/mol. The summed E-state index contributed by atoms with van der Waals surface area (Å²) in [7, 11) is 0. The van der Waals surface area contributed by atoms with Crippen molar-refractivity contribution in [3.63, 3.8) is 0 Å². The number of alkyl halides is 3. The van der Waals surface area contributed by atoms with Gasteiger partial charge in [0.15, 0.2) is 5.58 Å². The van der Waals surface area contributed by atoms with E-state index in [0.29, 0.717) is 23.4 Å². The number of nitrogens with one attached hydrogen (secondary N) is 2. The van der Waals surface area contributed by atoms with Crippen LogP contribution in [0, 0.1) is 0 Å². The number of H-pyrrole nitrogens is 1. The van der Waals surface area contributed by atoms with Gasteiger partial charge in [0, 0.05) is 19.2 Å². The van der Waals surface area contributed by atoms with Crippen LogP contribution < -0.4 is 16.6 Å². The molecular weight excluding hydrogens is 367 g/mol. The zero-order valence-electron chi connectivity index (χ0n) is 13.8. The van der Waals surface area contributed by atoms with E-state index >= 15 is 0 Å². The summed E-state index contributed by atoms with van der Waals surface area (Å²) in [4.78, 5) is 37.3. The summed E-state index contributed by atoms with van der Waals surface area (Å²) in [6.07, 6.45) is -3.98. The molecule has 0 unspecified atom stereocenters. The van der Waals surface area contributed by atoms with E-state index in [4.69, 9.17) is 4.42 Å². The Labute approximate surface area is 149 Å². The van der Waals surface area contributed by atoms with E-state index in [1.54, 1.807) is 24.3 Å². The number of aromatic amines is 1. The Morgan fingerprint density at radius 2 is 1.96 bits per heavy atom. The molecule has 142 valence electrons. The summed E-state index contributed by atoms with van der Waals surface area (Å²) < 4.78 is 44.5. The van der Waals surface area contributed by atoms with Crippen molar-refractivity contribution in [3.8, 4) is 0 Å². The minimum absolute atomic E-state index is 0.0956. The highest BCUT2D eigenvalue weighted by molar-refractivity contribution is 5.90. The van der Waals surface area contributed by atoms with E-state index in [1.807, 2.05) is 4.98 Å². The van der Waals surface area contributed by atoms with Gasteiger partial charge in [-0.1, -0.05) is 12.1 Å². The van der Waals surface area contributed by atoms with Gasteiger partial charge in [-0.2, -0.15) is 13.2 Å². The fourth-order valence-corrected chi connectivity index (χ4v) is 2.58. The Hall–Kier alpha value is -3.30. The van der Waals surface area contributed by atoms with Crippen LogP contribution in [-0.2, 0) is 17.5 Å². The second-order valence-corrected chi connectivity index (χ2v) is 5.77. The number of pyridine rings is 1. The Kier molecular flexibility index (Phi) is 4.89. The van der Waals surface area contributed by atoms with Crippen LogP contribution in [0.3, 0.4) is 0 Å². The molecule has 0 atom stereocenters. The van der Waals surface area contributed by atoms with E-state index in [-0.39, 0.29) is 19.4 Å². The van der Waals surface area contributed by atoms with Crippen LogP contribution in [0.25, 0.3) is 11.1 Å². The third-order valence-corrected chi connectivity index (χ3v) is 3.86. The summed E-state index contributed by atoms with van der Waals surface area (Å²) in [5, 5.41) is 2.16. The molecule has 0 fully saturated rings. The standard InChI is InChI=1S/C17H14F3N3O4/c18-17(19,20)10-8-11(15(25)21-9-10)22-14(24)6-3-7-23-12-4-1-2-5-13(12)27-16(23)26/h1-2,4-5,8-9H,3,6-7H2,(H,21,25)(H,22,24). The molecule has 0 saturated carbocycles. The molecule has 0 aliphatic carbocycles. The average molecular weight is 381 g/mol. The maximum Gasteiger partial charge on any atom is 0.419 e. The molecule has 0 radical (unpaired) electrons. The third kappa shape index (κ3) is 4.10. The van der Waals surface area contributed by atoms with Crippen LogP contribution in [0.1, 0.15) is 18.4 Å². The lowest BCUT2D eigenvalue weighted by molar-refractivity contribution is -0.137. The number of anilines is 1. The normalized spacial score (nSPS) is 11.7. The summed E-state index contributed by atoms with van der Waals surface area (Å²) >= 11 is 0. The van der Waals surface area contributed by atoms with Crippen molar-refractivity contribution in [1.82, 2.24) is 9.55 Å².